The van der Waals surface area contributed by atoms with Gasteiger partial charge >= 0.3 is 0 Å². The molecule has 8 heteroatoms. The molecule has 1 unspecified atom stereocenters. The molecule has 2 bridgehead atoms. The summed E-state index contributed by atoms with van der Waals surface area (Å²) in [6.07, 6.45) is 8.29. The van der Waals surface area contributed by atoms with Gasteiger partial charge in [-0.05, 0) is 86.7 Å². The summed E-state index contributed by atoms with van der Waals surface area (Å²) in [6, 6.07) is 19.3. The molecule has 5 aromatic rings. The van der Waals surface area contributed by atoms with Crippen molar-refractivity contribution in [2.75, 3.05) is 5.32 Å². The molecule has 4 heterocycles. The highest BCUT2D eigenvalue weighted by molar-refractivity contribution is 5.91. The monoisotopic (exact) mass is 506 g/mol. The summed E-state index contributed by atoms with van der Waals surface area (Å²) in [5, 5.41) is 8.09. The van der Waals surface area contributed by atoms with E-state index in [0.29, 0.717) is 12.1 Å². The van der Waals surface area contributed by atoms with Crippen molar-refractivity contribution in [3.8, 4) is 17.2 Å². The molecule has 0 aliphatic carbocycles. The van der Waals surface area contributed by atoms with Crippen molar-refractivity contribution in [3.05, 3.63) is 72.8 Å². The molecule has 2 fully saturated rings. The second-order valence-corrected chi connectivity index (χ2v) is 10.5. The predicted molar refractivity (Wildman–Crippen MR) is 148 cm³/mol. The number of hydrogen-bond donors (Lipinski definition) is 2. The Bertz CT molecular complexity index is 1640. The van der Waals surface area contributed by atoms with E-state index in [-0.39, 0.29) is 6.10 Å². The number of anilines is 2. The number of aromatic nitrogens is 4. The molecule has 192 valence electrons. The summed E-state index contributed by atoms with van der Waals surface area (Å²) in [5.74, 6) is 3.17. The molecule has 8 nitrogen and oxygen atoms in total. The summed E-state index contributed by atoms with van der Waals surface area (Å²) in [5.41, 5.74) is 4.80. The zero-order valence-corrected chi connectivity index (χ0v) is 21.5. The topological polar surface area (TPSA) is 86.1 Å². The molecule has 3 aromatic carbocycles. The first kappa shape index (κ1) is 23.0. The fraction of sp³-hybridized carbons (Fsp3) is 0.300. The molecule has 2 aliphatic heterocycles. The van der Waals surface area contributed by atoms with Gasteiger partial charge in [0.15, 0.2) is 0 Å². The number of hydrogen-bond acceptors (Lipinski definition) is 7. The third-order valence-corrected chi connectivity index (χ3v) is 7.70. The summed E-state index contributed by atoms with van der Waals surface area (Å²) in [6.45, 7) is 2.04. The third-order valence-electron chi connectivity index (χ3n) is 7.70. The van der Waals surface area contributed by atoms with Gasteiger partial charge in [-0.25, -0.2) is 15.0 Å². The molecule has 38 heavy (non-hydrogen) atoms. The highest BCUT2D eigenvalue weighted by Gasteiger charge is 2.34. The second kappa shape index (κ2) is 9.29. The number of nitrogens with zero attached hydrogens (tertiary/aromatic N) is 4. The largest absolute Gasteiger partial charge is 0.490 e. The van der Waals surface area contributed by atoms with Crippen LogP contribution in [0, 0.1) is 6.92 Å². The predicted octanol–water partition coefficient (Wildman–Crippen LogP) is 6.02. The number of benzene rings is 3. The normalized spacial score (nSPS) is 20.6. The maximum absolute atomic E-state index is 6.42. The molecule has 2 saturated heterocycles. The minimum absolute atomic E-state index is 0.251. The SMILES string of the molecule is Cc1cc(Nc2ncnc3ccc(OC4C[C@H]5CC[C@@H](C4)N5)cc23)ccc1Oc1ccc2c(c1)ncn2C. The summed E-state index contributed by atoms with van der Waals surface area (Å²) < 4.78 is 14.6. The molecule has 0 radical (unpaired) electrons. The Labute approximate surface area is 221 Å². The number of fused-ring (bicyclic) bond motifs is 4. The van der Waals surface area contributed by atoms with E-state index in [0.717, 1.165) is 69.1 Å². The zero-order chi connectivity index (χ0) is 25.6. The van der Waals surface area contributed by atoms with E-state index in [1.165, 1.54) is 12.8 Å². The Kier molecular flexibility index (Phi) is 5.62. The molecular weight excluding hydrogens is 476 g/mol. The molecule has 0 spiro atoms. The maximum atomic E-state index is 6.42. The quantitative estimate of drug-likeness (QED) is 0.291. The van der Waals surface area contributed by atoms with Crippen LogP contribution in [0.1, 0.15) is 31.2 Å². The van der Waals surface area contributed by atoms with Crippen molar-refractivity contribution in [1.82, 2.24) is 24.8 Å². The lowest BCUT2D eigenvalue weighted by Crippen LogP contribution is -2.42. The van der Waals surface area contributed by atoms with Gasteiger partial charge < -0.3 is 24.7 Å². The lowest BCUT2D eigenvalue weighted by Gasteiger charge is -2.29. The summed E-state index contributed by atoms with van der Waals surface area (Å²) in [7, 11) is 1.98. The van der Waals surface area contributed by atoms with Crippen LogP contribution in [0.25, 0.3) is 21.9 Å². The molecule has 0 amide bonds. The average molecular weight is 507 g/mol. The van der Waals surface area contributed by atoms with Crippen LogP contribution in [0.3, 0.4) is 0 Å². The lowest BCUT2D eigenvalue weighted by atomic mass is 10.0. The average Bonchev–Trinajstić information content (AvgIpc) is 3.46. The van der Waals surface area contributed by atoms with Gasteiger partial charge in [-0.15, -0.1) is 0 Å². The molecule has 2 aliphatic rings. The fourth-order valence-electron chi connectivity index (χ4n) is 5.79. The number of rotatable bonds is 6. The Morgan fingerprint density at radius 1 is 0.895 bits per heavy atom. The van der Waals surface area contributed by atoms with Gasteiger partial charge in [0, 0.05) is 36.3 Å². The van der Waals surface area contributed by atoms with E-state index < -0.39 is 0 Å². The zero-order valence-electron chi connectivity index (χ0n) is 21.5. The smallest absolute Gasteiger partial charge is 0.141 e. The van der Waals surface area contributed by atoms with Crippen LogP contribution in [0.2, 0.25) is 0 Å². The van der Waals surface area contributed by atoms with Crippen LogP contribution >= 0.6 is 0 Å². The second-order valence-electron chi connectivity index (χ2n) is 10.5. The van der Waals surface area contributed by atoms with E-state index in [4.69, 9.17) is 9.47 Å². The number of nitrogens with one attached hydrogen (secondary N) is 2. The fourth-order valence-corrected chi connectivity index (χ4v) is 5.79. The Balaban J connectivity index is 1.10. The van der Waals surface area contributed by atoms with E-state index in [1.807, 2.05) is 67.3 Å². The Hall–Kier alpha value is -4.17. The van der Waals surface area contributed by atoms with Gasteiger partial charge in [-0.1, -0.05) is 0 Å². The van der Waals surface area contributed by atoms with Crippen molar-refractivity contribution in [3.63, 3.8) is 0 Å². The number of piperidine rings is 1. The van der Waals surface area contributed by atoms with Crippen LogP contribution in [-0.4, -0.2) is 37.7 Å². The lowest BCUT2D eigenvalue weighted by molar-refractivity contribution is 0.137. The van der Waals surface area contributed by atoms with Crippen molar-refractivity contribution < 1.29 is 9.47 Å². The Morgan fingerprint density at radius 2 is 1.74 bits per heavy atom. The van der Waals surface area contributed by atoms with Crippen LogP contribution in [-0.2, 0) is 7.05 Å². The van der Waals surface area contributed by atoms with Gasteiger partial charge in [-0.2, -0.15) is 0 Å². The first-order valence-corrected chi connectivity index (χ1v) is 13.2. The standard InChI is InChI=1S/C30H30N6O2/c1-18-11-19(5-10-29(18)38-23-7-9-28-27(15-23)33-17-36(28)2)35-30-25-14-22(6-8-26(25)31-16-32-30)37-24-12-20-3-4-21(13-24)34-20/h5-11,14-17,20-21,24,34H,3-4,12-13H2,1-2H3,(H,31,32,35)/t20-,21+,24?. The summed E-state index contributed by atoms with van der Waals surface area (Å²) >= 11 is 0. The van der Waals surface area contributed by atoms with Gasteiger partial charge in [-0.3, -0.25) is 0 Å². The Morgan fingerprint density at radius 3 is 2.58 bits per heavy atom. The van der Waals surface area contributed by atoms with Crippen LogP contribution in [0.15, 0.2) is 67.3 Å². The van der Waals surface area contributed by atoms with Crippen molar-refractivity contribution in [1.29, 1.82) is 0 Å². The highest BCUT2D eigenvalue weighted by Crippen LogP contribution is 2.33. The first-order valence-electron chi connectivity index (χ1n) is 13.2. The summed E-state index contributed by atoms with van der Waals surface area (Å²) in [4.78, 5) is 13.4. The molecule has 3 atom stereocenters. The van der Waals surface area contributed by atoms with Crippen LogP contribution < -0.4 is 20.1 Å². The first-order chi connectivity index (χ1) is 18.6. The van der Waals surface area contributed by atoms with Gasteiger partial charge in [0.2, 0.25) is 0 Å². The minimum Gasteiger partial charge on any atom is -0.490 e. The van der Waals surface area contributed by atoms with Crippen LogP contribution in [0.5, 0.6) is 17.2 Å². The van der Waals surface area contributed by atoms with E-state index in [1.54, 1.807) is 6.33 Å². The molecule has 2 aromatic heterocycles. The van der Waals surface area contributed by atoms with Gasteiger partial charge in [0.1, 0.15) is 35.5 Å². The van der Waals surface area contributed by atoms with E-state index in [2.05, 4.69) is 37.7 Å². The number of imidazole rings is 1. The van der Waals surface area contributed by atoms with E-state index >= 15 is 0 Å². The van der Waals surface area contributed by atoms with Gasteiger partial charge in [0.05, 0.1) is 22.9 Å². The van der Waals surface area contributed by atoms with Crippen LogP contribution in [0.4, 0.5) is 11.5 Å². The van der Waals surface area contributed by atoms with E-state index in [9.17, 15) is 0 Å². The number of aryl methyl sites for hydroxylation is 2. The van der Waals surface area contributed by atoms with Crippen molar-refractivity contribution in [2.24, 2.45) is 7.05 Å². The highest BCUT2D eigenvalue weighted by atomic mass is 16.5. The minimum atomic E-state index is 0.251. The molecule has 0 saturated carbocycles. The molecule has 7 rings (SSSR count). The number of ether oxygens (including phenoxy) is 2. The van der Waals surface area contributed by atoms with Crippen molar-refractivity contribution in [2.45, 2.75) is 50.8 Å². The third kappa shape index (κ3) is 4.41. The molecule has 2 N–H and O–H groups in total. The maximum Gasteiger partial charge on any atom is 0.141 e. The van der Waals surface area contributed by atoms with Crippen molar-refractivity contribution >= 4 is 33.4 Å². The molecular formula is C30H30N6O2. The van der Waals surface area contributed by atoms with Gasteiger partial charge in [0.25, 0.3) is 0 Å².